The van der Waals surface area contributed by atoms with Gasteiger partial charge in [-0.2, -0.15) is 0 Å². The Balaban J connectivity index is 2.94. The second kappa shape index (κ2) is 7.14. The van der Waals surface area contributed by atoms with Crippen LogP contribution in [0.3, 0.4) is 0 Å². The van der Waals surface area contributed by atoms with Crippen LogP contribution in [-0.4, -0.2) is 13.1 Å². The number of hydrogen-bond acceptors (Lipinski definition) is 3. The molecule has 0 bridgehead atoms. The van der Waals surface area contributed by atoms with E-state index in [1.54, 1.807) is 7.11 Å². The van der Waals surface area contributed by atoms with Gasteiger partial charge in [-0.1, -0.05) is 0 Å². The standard InChI is InChI=1S/C23H30O3/c1-11-15(5)22(25-10)16(6)12(2)20(11)21-13(3)17(7)23(26-19(9)24)18(8)14(21)4/h1-10H3. The Morgan fingerprint density at radius 2 is 0.885 bits per heavy atom. The fourth-order valence-corrected chi connectivity index (χ4v) is 3.91. The minimum Gasteiger partial charge on any atom is -0.496 e. The molecule has 2 rings (SSSR count). The highest BCUT2D eigenvalue weighted by atomic mass is 16.5. The van der Waals surface area contributed by atoms with Gasteiger partial charge in [0.05, 0.1) is 7.11 Å². The Morgan fingerprint density at radius 3 is 1.15 bits per heavy atom. The van der Waals surface area contributed by atoms with Crippen molar-refractivity contribution in [2.75, 3.05) is 7.11 Å². The van der Waals surface area contributed by atoms with Gasteiger partial charge in [0.1, 0.15) is 11.5 Å². The lowest BCUT2D eigenvalue weighted by atomic mass is 9.82. The van der Waals surface area contributed by atoms with Crippen molar-refractivity contribution in [3.8, 4) is 22.6 Å². The van der Waals surface area contributed by atoms with E-state index < -0.39 is 0 Å². The second-order valence-electron chi connectivity index (χ2n) is 7.21. The minimum absolute atomic E-state index is 0.286. The molecule has 0 N–H and O–H groups in total. The van der Waals surface area contributed by atoms with Crippen LogP contribution in [0.25, 0.3) is 11.1 Å². The van der Waals surface area contributed by atoms with Crippen molar-refractivity contribution in [1.29, 1.82) is 0 Å². The molecule has 0 saturated heterocycles. The number of ether oxygens (including phenoxy) is 2. The summed E-state index contributed by atoms with van der Waals surface area (Å²) in [5.41, 5.74) is 11.6. The van der Waals surface area contributed by atoms with E-state index in [0.29, 0.717) is 5.75 Å². The molecule has 2 aromatic rings. The first kappa shape index (κ1) is 20.0. The molecule has 0 aliphatic heterocycles. The summed E-state index contributed by atoms with van der Waals surface area (Å²) in [6.45, 7) is 18.3. The third-order valence-electron chi connectivity index (χ3n) is 5.81. The van der Waals surface area contributed by atoms with Crippen molar-refractivity contribution in [2.24, 2.45) is 0 Å². The van der Waals surface area contributed by atoms with E-state index in [-0.39, 0.29) is 5.97 Å². The zero-order valence-electron chi connectivity index (χ0n) is 17.7. The average Bonchev–Trinajstić information content (AvgIpc) is 2.58. The van der Waals surface area contributed by atoms with Crippen LogP contribution in [-0.2, 0) is 4.79 Å². The Bertz CT molecular complexity index is 847. The smallest absolute Gasteiger partial charge is 0.308 e. The van der Waals surface area contributed by atoms with E-state index in [9.17, 15) is 4.79 Å². The summed E-state index contributed by atoms with van der Waals surface area (Å²) in [5.74, 6) is 1.36. The largest absolute Gasteiger partial charge is 0.496 e. The third kappa shape index (κ3) is 3.00. The highest BCUT2D eigenvalue weighted by Gasteiger charge is 2.23. The van der Waals surface area contributed by atoms with Crippen LogP contribution in [0.15, 0.2) is 0 Å². The highest BCUT2D eigenvalue weighted by Crippen LogP contribution is 2.44. The molecule has 0 amide bonds. The third-order valence-corrected chi connectivity index (χ3v) is 5.81. The minimum atomic E-state index is -0.286. The molecular formula is C23H30O3. The second-order valence-corrected chi connectivity index (χ2v) is 7.21. The van der Waals surface area contributed by atoms with Crippen LogP contribution < -0.4 is 9.47 Å². The zero-order valence-corrected chi connectivity index (χ0v) is 17.7. The highest BCUT2D eigenvalue weighted by molar-refractivity contribution is 5.83. The predicted octanol–water partition coefficient (Wildman–Crippen LogP) is 5.75. The monoisotopic (exact) mass is 354 g/mol. The van der Waals surface area contributed by atoms with Gasteiger partial charge in [-0.15, -0.1) is 0 Å². The van der Waals surface area contributed by atoms with Gasteiger partial charge in [-0.05, 0) is 111 Å². The molecule has 140 valence electrons. The number of carbonyl (C=O) groups excluding carboxylic acids is 1. The van der Waals surface area contributed by atoms with Crippen LogP contribution in [0.2, 0.25) is 0 Å². The number of rotatable bonds is 3. The quantitative estimate of drug-likeness (QED) is 0.520. The van der Waals surface area contributed by atoms with E-state index >= 15 is 0 Å². The summed E-state index contributed by atoms with van der Waals surface area (Å²) in [6.07, 6.45) is 0. The first-order valence-corrected chi connectivity index (χ1v) is 8.97. The van der Waals surface area contributed by atoms with Crippen molar-refractivity contribution >= 4 is 5.97 Å². The van der Waals surface area contributed by atoms with Gasteiger partial charge in [0.15, 0.2) is 0 Å². The van der Waals surface area contributed by atoms with Gasteiger partial charge in [-0.25, -0.2) is 0 Å². The molecule has 0 saturated carbocycles. The molecule has 0 spiro atoms. The molecule has 2 aromatic carbocycles. The molecule has 0 radical (unpaired) electrons. The van der Waals surface area contributed by atoms with Crippen molar-refractivity contribution in [3.63, 3.8) is 0 Å². The molecule has 0 heterocycles. The van der Waals surface area contributed by atoms with Crippen molar-refractivity contribution < 1.29 is 14.3 Å². The molecule has 0 aromatic heterocycles. The van der Waals surface area contributed by atoms with Crippen molar-refractivity contribution in [2.45, 2.75) is 62.3 Å². The number of benzene rings is 2. The molecular weight excluding hydrogens is 324 g/mol. The summed E-state index contributed by atoms with van der Waals surface area (Å²) < 4.78 is 11.2. The molecule has 0 aliphatic carbocycles. The first-order valence-electron chi connectivity index (χ1n) is 8.97. The summed E-state index contributed by atoms with van der Waals surface area (Å²) in [5, 5.41) is 0. The topological polar surface area (TPSA) is 35.5 Å². The SMILES string of the molecule is COc1c(C)c(C)c(-c2c(C)c(C)c(OC(C)=O)c(C)c2C)c(C)c1C. The molecule has 0 fully saturated rings. The lowest BCUT2D eigenvalue weighted by Gasteiger charge is -2.25. The molecule has 26 heavy (non-hydrogen) atoms. The number of esters is 1. The van der Waals surface area contributed by atoms with Gasteiger partial charge >= 0.3 is 5.97 Å². The van der Waals surface area contributed by atoms with Crippen LogP contribution in [0.5, 0.6) is 11.5 Å². The van der Waals surface area contributed by atoms with Gasteiger partial charge in [-0.3, -0.25) is 4.79 Å². The molecule has 0 aliphatic rings. The van der Waals surface area contributed by atoms with E-state index in [1.807, 2.05) is 13.8 Å². The average molecular weight is 354 g/mol. The van der Waals surface area contributed by atoms with Gasteiger partial charge < -0.3 is 9.47 Å². The lowest BCUT2D eigenvalue weighted by Crippen LogP contribution is -2.09. The Hall–Kier alpha value is -2.29. The summed E-state index contributed by atoms with van der Waals surface area (Å²) in [6, 6.07) is 0. The van der Waals surface area contributed by atoms with E-state index in [2.05, 4.69) is 41.5 Å². The molecule has 3 heteroatoms. The van der Waals surface area contributed by atoms with Gasteiger partial charge in [0.2, 0.25) is 0 Å². The first-order chi connectivity index (χ1) is 12.0. The number of carbonyl (C=O) groups is 1. The Morgan fingerprint density at radius 1 is 0.577 bits per heavy atom. The molecule has 3 nitrogen and oxygen atoms in total. The van der Waals surface area contributed by atoms with E-state index in [4.69, 9.17) is 9.47 Å². The van der Waals surface area contributed by atoms with E-state index in [0.717, 1.165) is 28.0 Å². The van der Waals surface area contributed by atoms with Gasteiger partial charge in [0, 0.05) is 6.92 Å². The lowest BCUT2D eigenvalue weighted by molar-refractivity contribution is -0.131. The fourth-order valence-electron chi connectivity index (χ4n) is 3.91. The Kier molecular flexibility index (Phi) is 5.50. The summed E-state index contributed by atoms with van der Waals surface area (Å²) >= 11 is 0. The number of hydrogen-bond donors (Lipinski definition) is 0. The van der Waals surface area contributed by atoms with Crippen LogP contribution >= 0.6 is 0 Å². The normalized spacial score (nSPS) is 10.8. The predicted molar refractivity (Wildman–Crippen MR) is 108 cm³/mol. The molecule has 0 atom stereocenters. The maximum atomic E-state index is 11.5. The van der Waals surface area contributed by atoms with Gasteiger partial charge in [0.25, 0.3) is 0 Å². The van der Waals surface area contributed by atoms with Crippen LogP contribution in [0.4, 0.5) is 0 Å². The number of methoxy groups -OCH3 is 1. The van der Waals surface area contributed by atoms with Crippen molar-refractivity contribution in [1.82, 2.24) is 0 Å². The maximum Gasteiger partial charge on any atom is 0.308 e. The Labute approximate surface area is 157 Å². The van der Waals surface area contributed by atoms with Crippen molar-refractivity contribution in [3.05, 3.63) is 44.5 Å². The fraction of sp³-hybridized carbons (Fsp3) is 0.435. The summed E-state index contributed by atoms with van der Waals surface area (Å²) in [7, 11) is 1.73. The summed E-state index contributed by atoms with van der Waals surface area (Å²) in [4.78, 5) is 11.5. The van der Waals surface area contributed by atoms with Crippen LogP contribution in [0.1, 0.15) is 51.4 Å². The molecule has 0 unspecified atom stereocenters. The maximum absolute atomic E-state index is 11.5. The van der Waals surface area contributed by atoms with Crippen LogP contribution in [0, 0.1) is 55.4 Å². The van der Waals surface area contributed by atoms with E-state index in [1.165, 1.54) is 40.3 Å². The zero-order chi connectivity index (χ0) is 19.9.